The van der Waals surface area contributed by atoms with Gasteiger partial charge >= 0.3 is 0 Å². The number of fused-ring (bicyclic) bond motifs is 1. The predicted octanol–water partition coefficient (Wildman–Crippen LogP) is 4.26. The van der Waals surface area contributed by atoms with Gasteiger partial charge in [0.05, 0.1) is 21.7 Å². The van der Waals surface area contributed by atoms with Crippen LogP contribution < -0.4 is 5.73 Å². The lowest BCUT2D eigenvalue weighted by atomic mass is 10.1. The quantitative estimate of drug-likeness (QED) is 0.659. The minimum atomic E-state index is -0.334. The predicted molar refractivity (Wildman–Crippen MR) is 75.9 cm³/mol. The summed E-state index contributed by atoms with van der Waals surface area (Å²) in [5, 5.41) is 0.815. The number of nitrogens with zero attached hydrogens (tertiary/aromatic N) is 1. The molecule has 0 saturated heterocycles. The van der Waals surface area contributed by atoms with Crippen LogP contribution in [-0.2, 0) is 0 Å². The van der Waals surface area contributed by atoms with Crippen molar-refractivity contribution in [2.75, 3.05) is 5.73 Å². The van der Waals surface area contributed by atoms with Gasteiger partial charge in [0.2, 0.25) is 0 Å². The Kier molecular flexibility index (Phi) is 2.84. The van der Waals surface area contributed by atoms with E-state index in [-0.39, 0.29) is 5.82 Å². The summed E-state index contributed by atoms with van der Waals surface area (Å²) in [6.07, 6.45) is 0. The summed E-state index contributed by atoms with van der Waals surface area (Å²) in [6, 6.07) is 7.53. The van der Waals surface area contributed by atoms with Crippen LogP contribution in [0.3, 0.4) is 0 Å². The van der Waals surface area contributed by atoms with Crippen LogP contribution >= 0.6 is 23.2 Å². The monoisotopic (exact) mass is 295 g/mol. The molecule has 2 aromatic carbocycles. The third kappa shape index (κ3) is 2.13. The first kappa shape index (κ1) is 12.3. The van der Waals surface area contributed by atoms with Crippen LogP contribution in [0.5, 0.6) is 0 Å². The molecule has 0 atom stereocenters. The smallest absolute Gasteiger partial charge is 0.140 e. The maximum Gasteiger partial charge on any atom is 0.140 e. The van der Waals surface area contributed by atoms with Crippen molar-refractivity contribution in [3.63, 3.8) is 0 Å². The second-order valence-corrected chi connectivity index (χ2v) is 4.94. The SMILES string of the molecule is Nc1c(Cl)cc(Cl)cc1-c1nc2ccc(F)cc2[nH]1. The summed E-state index contributed by atoms with van der Waals surface area (Å²) >= 11 is 11.9. The van der Waals surface area contributed by atoms with E-state index >= 15 is 0 Å². The number of anilines is 1. The van der Waals surface area contributed by atoms with Crippen molar-refractivity contribution in [2.24, 2.45) is 0 Å². The van der Waals surface area contributed by atoms with E-state index in [9.17, 15) is 4.39 Å². The van der Waals surface area contributed by atoms with E-state index in [0.717, 1.165) is 0 Å². The molecule has 3 N–H and O–H groups in total. The van der Waals surface area contributed by atoms with Crippen LogP contribution in [0.4, 0.5) is 10.1 Å². The third-order valence-electron chi connectivity index (χ3n) is 2.79. The fourth-order valence-electron chi connectivity index (χ4n) is 1.89. The second-order valence-electron chi connectivity index (χ2n) is 4.10. The van der Waals surface area contributed by atoms with Gasteiger partial charge in [-0.3, -0.25) is 0 Å². The molecule has 3 aromatic rings. The van der Waals surface area contributed by atoms with Crippen molar-refractivity contribution in [3.8, 4) is 11.4 Å². The van der Waals surface area contributed by atoms with E-state index < -0.39 is 0 Å². The molecule has 6 heteroatoms. The average Bonchev–Trinajstić information content (AvgIpc) is 2.76. The second kappa shape index (κ2) is 4.40. The molecule has 0 aliphatic heterocycles. The average molecular weight is 296 g/mol. The Bertz CT molecular complexity index is 783. The molecule has 0 radical (unpaired) electrons. The minimum absolute atomic E-state index is 0.334. The van der Waals surface area contributed by atoms with E-state index in [4.69, 9.17) is 28.9 Å². The Morgan fingerprint density at radius 2 is 1.95 bits per heavy atom. The fraction of sp³-hybridized carbons (Fsp3) is 0. The van der Waals surface area contributed by atoms with Crippen molar-refractivity contribution in [3.05, 3.63) is 46.2 Å². The van der Waals surface area contributed by atoms with Crippen molar-refractivity contribution in [2.45, 2.75) is 0 Å². The van der Waals surface area contributed by atoms with Gasteiger partial charge in [0.25, 0.3) is 0 Å². The highest BCUT2D eigenvalue weighted by molar-refractivity contribution is 6.37. The molecule has 0 aliphatic rings. The highest BCUT2D eigenvalue weighted by Gasteiger charge is 2.12. The first-order valence-corrected chi connectivity index (χ1v) is 6.20. The summed E-state index contributed by atoms with van der Waals surface area (Å²) in [5.41, 5.74) is 8.12. The topological polar surface area (TPSA) is 54.7 Å². The molecule has 0 spiro atoms. The lowest BCUT2D eigenvalue weighted by Crippen LogP contribution is -1.92. The zero-order valence-electron chi connectivity index (χ0n) is 9.55. The molecule has 0 fully saturated rings. The van der Waals surface area contributed by atoms with Gasteiger partial charge in [-0.2, -0.15) is 0 Å². The Labute approximate surface area is 118 Å². The number of imidazole rings is 1. The van der Waals surface area contributed by atoms with Crippen LogP contribution in [0.1, 0.15) is 0 Å². The number of nitrogens with two attached hydrogens (primary N) is 1. The highest BCUT2D eigenvalue weighted by atomic mass is 35.5. The molecule has 1 aromatic heterocycles. The van der Waals surface area contributed by atoms with Gasteiger partial charge in [-0.1, -0.05) is 23.2 Å². The first-order chi connectivity index (χ1) is 9.04. The van der Waals surface area contributed by atoms with E-state index in [1.165, 1.54) is 12.1 Å². The summed E-state index contributed by atoms with van der Waals surface area (Å²) in [4.78, 5) is 7.35. The zero-order chi connectivity index (χ0) is 13.6. The van der Waals surface area contributed by atoms with E-state index in [1.54, 1.807) is 18.2 Å². The van der Waals surface area contributed by atoms with Crippen molar-refractivity contribution < 1.29 is 4.39 Å². The maximum absolute atomic E-state index is 13.1. The Morgan fingerprint density at radius 3 is 2.74 bits per heavy atom. The fourth-order valence-corrected chi connectivity index (χ4v) is 2.38. The lowest BCUT2D eigenvalue weighted by Gasteiger charge is -2.05. The van der Waals surface area contributed by atoms with Crippen molar-refractivity contribution in [1.29, 1.82) is 0 Å². The molecule has 3 rings (SSSR count). The number of aromatic nitrogens is 2. The summed E-state index contributed by atoms with van der Waals surface area (Å²) in [6.45, 7) is 0. The number of hydrogen-bond donors (Lipinski definition) is 2. The van der Waals surface area contributed by atoms with Crippen LogP contribution in [0.15, 0.2) is 30.3 Å². The number of aromatic amines is 1. The van der Waals surface area contributed by atoms with Gasteiger partial charge in [-0.05, 0) is 30.3 Å². The maximum atomic E-state index is 13.1. The zero-order valence-corrected chi connectivity index (χ0v) is 11.1. The van der Waals surface area contributed by atoms with Crippen LogP contribution in [0.25, 0.3) is 22.4 Å². The lowest BCUT2D eigenvalue weighted by molar-refractivity contribution is 0.629. The number of hydrogen-bond acceptors (Lipinski definition) is 2. The van der Waals surface area contributed by atoms with Crippen LogP contribution in [-0.4, -0.2) is 9.97 Å². The summed E-state index contributed by atoms with van der Waals surface area (Å²) in [7, 11) is 0. The third-order valence-corrected chi connectivity index (χ3v) is 3.32. The van der Waals surface area contributed by atoms with Gasteiger partial charge in [0.15, 0.2) is 0 Å². The van der Waals surface area contributed by atoms with Gasteiger partial charge in [0.1, 0.15) is 11.6 Å². The van der Waals surface area contributed by atoms with Gasteiger partial charge < -0.3 is 10.7 Å². The molecule has 0 bridgehead atoms. The molecule has 0 aliphatic carbocycles. The first-order valence-electron chi connectivity index (χ1n) is 5.45. The molecular weight excluding hydrogens is 288 g/mol. The van der Waals surface area contributed by atoms with Gasteiger partial charge in [0, 0.05) is 10.6 Å². The largest absolute Gasteiger partial charge is 0.397 e. The summed E-state index contributed by atoms with van der Waals surface area (Å²) in [5.74, 6) is 0.169. The number of benzene rings is 2. The van der Waals surface area contributed by atoms with Crippen LogP contribution in [0.2, 0.25) is 10.0 Å². The molecule has 1 heterocycles. The standard InChI is InChI=1S/C13H8Cl2FN3/c14-6-3-8(12(17)9(15)4-6)13-18-10-2-1-7(16)5-11(10)19-13/h1-5H,17H2,(H,18,19). The summed E-state index contributed by atoms with van der Waals surface area (Å²) < 4.78 is 13.1. The van der Waals surface area contributed by atoms with Crippen molar-refractivity contribution >= 4 is 39.9 Å². The Hall–Kier alpha value is -1.78. The normalized spacial score (nSPS) is 11.1. The number of halogens is 3. The number of H-pyrrole nitrogens is 1. The van der Waals surface area contributed by atoms with E-state index in [1.807, 2.05) is 0 Å². The molecule has 0 saturated carbocycles. The number of nitrogens with one attached hydrogen (secondary N) is 1. The molecule has 19 heavy (non-hydrogen) atoms. The van der Waals surface area contributed by atoms with Crippen molar-refractivity contribution in [1.82, 2.24) is 9.97 Å². The van der Waals surface area contributed by atoms with E-state index in [2.05, 4.69) is 9.97 Å². The molecule has 0 amide bonds. The number of rotatable bonds is 1. The molecule has 96 valence electrons. The molecular formula is C13H8Cl2FN3. The Balaban J connectivity index is 2.24. The minimum Gasteiger partial charge on any atom is -0.397 e. The Morgan fingerprint density at radius 1 is 1.16 bits per heavy atom. The molecule has 3 nitrogen and oxygen atoms in total. The highest BCUT2D eigenvalue weighted by Crippen LogP contribution is 2.34. The molecule has 0 unspecified atom stereocenters. The van der Waals surface area contributed by atoms with Gasteiger partial charge in [-0.15, -0.1) is 0 Å². The van der Waals surface area contributed by atoms with Crippen LogP contribution in [0, 0.1) is 5.82 Å². The van der Waals surface area contributed by atoms with Gasteiger partial charge in [-0.25, -0.2) is 9.37 Å². The van der Waals surface area contributed by atoms with E-state index in [0.29, 0.717) is 38.2 Å². The number of nitrogen functional groups attached to an aromatic ring is 1.